The molecule has 0 aliphatic rings. The van der Waals surface area contributed by atoms with Crippen molar-refractivity contribution in [2.24, 2.45) is 0 Å². The van der Waals surface area contributed by atoms with E-state index in [0.29, 0.717) is 11.1 Å². The van der Waals surface area contributed by atoms with Gasteiger partial charge >= 0.3 is 0 Å². The molecule has 0 N–H and O–H groups in total. The summed E-state index contributed by atoms with van der Waals surface area (Å²) in [7, 11) is 0. The van der Waals surface area contributed by atoms with Crippen LogP contribution in [-0.2, 0) is 0 Å². The summed E-state index contributed by atoms with van der Waals surface area (Å²) in [5.41, 5.74) is 0.820. The summed E-state index contributed by atoms with van der Waals surface area (Å²) in [6.45, 7) is 4.52. The molecule has 0 fully saturated rings. The highest BCUT2D eigenvalue weighted by Crippen LogP contribution is 2.29. The molecule has 3 heteroatoms. The zero-order valence-electron chi connectivity index (χ0n) is 7.73. The maximum Gasteiger partial charge on any atom is 0.136 e. The number of hydrogen-bond acceptors (Lipinski definition) is 1. The average Bonchev–Trinajstić information content (AvgIpc) is 2.02. The monoisotopic (exact) mass is 246 g/mol. The molecule has 0 atom stereocenters. The lowest BCUT2D eigenvalue weighted by Gasteiger charge is -2.09. The summed E-state index contributed by atoms with van der Waals surface area (Å²) in [4.78, 5) is 0. The van der Waals surface area contributed by atoms with E-state index < -0.39 is 0 Å². The third-order valence-corrected chi connectivity index (χ3v) is 2.23. The van der Waals surface area contributed by atoms with Gasteiger partial charge in [0.15, 0.2) is 0 Å². The van der Waals surface area contributed by atoms with Crippen LogP contribution in [0.1, 0.15) is 18.9 Å². The molecule has 0 aliphatic carbocycles. The molecule has 0 aromatic heterocycles. The molecule has 0 saturated heterocycles. The minimum atomic E-state index is -0.242. The molecule has 1 rings (SSSR count). The van der Waals surface area contributed by atoms with Gasteiger partial charge in [-0.1, -0.05) is 6.92 Å². The predicted octanol–water partition coefficient (Wildman–Crippen LogP) is 3.69. The van der Waals surface area contributed by atoms with Crippen LogP contribution >= 0.6 is 15.9 Å². The molecule has 0 aliphatic heterocycles. The van der Waals surface area contributed by atoms with Crippen molar-refractivity contribution in [1.29, 1.82) is 0 Å². The van der Waals surface area contributed by atoms with E-state index in [2.05, 4.69) is 15.9 Å². The SMILES string of the molecule is CCCOc1c(C)cc(F)cc1Br. The van der Waals surface area contributed by atoms with E-state index in [1.807, 2.05) is 13.8 Å². The lowest BCUT2D eigenvalue weighted by Crippen LogP contribution is -1.98. The molecule has 0 radical (unpaired) electrons. The summed E-state index contributed by atoms with van der Waals surface area (Å²) in [6, 6.07) is 2.88. The standard InChI is InChI=1S/C10H12BrFO/c1-3-4-13-10-7(2)5-8(12)6-9(10)11/h5-6H,3-4H2,1-2H3. The first-order valence-corrected chi connectivity index (χ1v) is 5.03. The second kappa shape index (κ2) is 4.61. The zero-order chi connectivity index (χ0) is 9.84. The van der Waals surface area contributed by atoms with Gasteiger partial charge < -0.3 is 4.74 Å². The van der Waals surface area contributed by atoms with Crippen LogP contribution in [0.5, 0.6) is 5.75 Å². The van der Waals surface area contributed by atoms with Crippen LogP contribution in [0.15, 0.2) is 16.6 Å². The van der Waals surface area contributed by atoms with Crippen LogP contribution < -0.4 is 4.74 Å². The van der Waals surface area contributed by atoms with Crippen LogP contribution in [0.3, 0.4) is 0 Å². The van der Waals surface area contributed by atoms with Gasteiger partial charge in [0.25, 0.3) is 0 Å². The largest absolute Gasteiger partial charge is 0.492 e. The molecule has 0 amide bonds. The molecule has 13 heavy (non-hydrogen) atoms. The Labute approximate surface area is 86.0 Å². The van der Waals surface area contributed by atoms with Crippen molar-refractivity contribution in [2.75, 3.05) is 6.61 Å². The molecule has 0 unspecified atom stereocenters. The van der Waals surface area contributed by atoms with Crippen molar-refractivity contribution in [3.8, 4) is 5.75 Å². The van der Waals surface area contributed by atoms with Crippen LogP contribution in [0.4, 0.5) is 4.39 Å². The predicted molar refractivity (Wildman–Crippen MR) is 54.6 cm³/mol. The third-order valence-electron chi connectivity index (χ3n) is 1.64. The van der Waals surface area contributed by atoms with Crippen molar-refractivity contribution < 1.29 is 9.13 Å². The molecule has 72 valence electrons. The number of aryl methyl sites for hydroxylation is 1. The zero-order valence-corrected chi connectivity index (χ0v) is 9.32. The van der Waals surface area contributed by atoms with E-state index in [1.165, 1.54) is 12.1 Å². The Balaban J connectivity index is 2.92. The van der Waals surface area contributed by atoms with E-state index in [1.54, 1.807) is 0 Å². The molecule has 1 aromatic carbocycles. The van der Waals surface area contributed by atoms with E-state index in [-0.39, 0.29) is 5.82 Å². The van der Waals surface area contributed by atoms with E-state index in [0.717, 1.165) is 17.7 Å². The number of halogens is 2. The van der Waals surface area contributed by atoms with Crippen LogP contribution in [0.25, 0.3) is 0 Å². The van der Waals surface area contributed by atoms with Gasteiger partial charge in [0.1, 0.15) is 11.6 Å². The summed E-state index contributed by atoms with van der Waals surface area (Å²) in [6.07, 6.45) is 0.948. The minimum Gasteiger partial charge on any atom is -0.492 e. The minimum absolute atomic E-state index is 0.242. The quantitative estimate of drug-likeness (QED) is 0.791. The molecule has 0 spiro atoms. The fourth-order valence-corrected chi connectivity index (χ4v) is 1.72. The van der Waals surface area contributed by atoms with Gasteiger partial charge in [-0.25, -0.2) is 4.39 Å². The molecular weight excluding hydrogens is 235 g/mol. The molecule has 0 bridgehead atoms. The third kappa shape index (κ3) is 2.69. The van der Waals surface area contributed by atoms with E-state index in [4.69, 9.17) is 4.74 Å². The number of benzene rings is 1. The van der Waals surface area contributed by atoms with Crippen LogP contribution in [-0.4, -0.2) is 6.61 Å². The second-order valence-corrected chi connectivity index (χ2v) is 3.74. The van der Waals surface area contributed by atoms with Crippen molar-refractivity contribution in [2.45, 2.75) is 20.3 Å². The Morgan fingerprint density at radius 3 is 2.69 bits per heavy atom. The van der Waals surface area contributed by atoms with Gasteiger partial charge in [-0.2, -0.15) is 0 Å². The van der Waals surface area contributed by atoms with Crippen molar-refractivity contribution in [1.82, 2.24) is 0 Å². The second-order valence-electron chi connectivity index (χ2n) is 2.88. The number of hydrogen-bond donors (Lipinski definition) is 0. The van der Waals surface area contributed by atoms with Gasteiger partial charge in [-0.05, 0) is 47.0 Å². The number of ether oxygens (including phenoxy) is 1. The van der Waals surface area contributed by atoms with Gasteiger partial charge in [0.2, 0.25) is 0 Å². The van der Waals surface area contributed by atoms with Crippen LogP contribution in [0.2, 0.25) is 0 Å². The first-order chi connectivity index (χ1) is 6.15. The Kier molecular flexibility index (Phi) is 3.72. The maximum absolute atomic E-state index is 12.8. The smallest absolute Gasteiger partial charge is 0.136 e. The highest BCUT2D eigenvalue weighted by Gasteiger charge is 2.06. The van der Waals surface area contributed by atoms with Gasteiger partial charge in [0.05, 0.1) is 11.1 Å². The Morgan fingerprint density at radius 1 is 1.46 bits per heavy atom. The van der Waals surface area contributed by atoms with E-state index >= 15 is 0 Å². The molecule has 0 heterocycles. The van der Waals surface area contributed by atoms with Crippen LogP contribution in [0, 0.1) is 12.7 Å². The van der Waals surface area contributed by atoms with E-state index in [9.17, 15) is 4.39 Å². The highest BCUT2D eigenvalue weighted by molar-refractivity contribution is 9.10. The summed E-state index contributed by atoms with van der Waals surface area (Å²) in [5, 5.41) is 0. The van der Waals surface area contributed by atoms with Crippen molar-refractivity contribution in [3.05, 3.63) is 28.0 Å². The average molecular weight is 247 g/mol. The van der Waals surface area contributed by atoms with Gasteiger partial charge in [-0.3, -0.25) is 0 Å². The fraction of sp³-hybridized carbons (Fsp3) is 0.400. The Bertz CT molecular complexity index is 276. The van der Waals surface area contributed by atoms with Gasteiger partial charge in [0, 0.05) is 0 Å². The first kappa shape index (κ1) is 10.5. The lowest BCUT2D eigenvalue weighted by molar-refractivity contribution is 0.313. The molecule has 1 aromatic rings. The van der Waals surface area contributed by atoms with Gasteiger partial charge in [-0.15, -0.1) is 0 Å². The summed E-state index contributed by atoms with van der Waals surface area (Å²) < 4.78 is 19.0. The summed E-state index contributed by atoms with van der Waals surface area (Å²) in [5.74, 6) is 0.497. The molecular formula is C10H12BrFO. The Morgan fingerprint density at radius 2 is 2.15 bits per heavy atom. The summed E-state index contributed by atoms with van der Waals surface area (Å²) >= 11 is 3.26. The van der Waals surface area contributed by atoms with Crippen molar-refractivity contribution in [3.63, 3.8) is 0 Å². The number of rotatable bonds is 3. The Hall–Kier alpha value is -0.570. The topological polar surface area (TPSA) is 9.23 Å². The van der Waals surface area contributed by atoms with Crippen molar-refractivity contribution >= 4 is 15.9 Å². The molecule has 0 saturated carbocycles. The normalized spacial score (nSPS) is 10.2. The lowest BCUT2D eigenvalue weighted by atomic mass is 10.2. The first-order valence-electron chi connectivity index (χ1n) is 4.23. The maximum atomic E-state index is 12.8. The molecule has 1 nitrogen and oxygen atoms in total. The fourth-order valence-electron chi connectivity index (χ4n) is 1.08. The highest BCUT2D eigenvalue weighted by atomic mass is 79.9.